The van der Waals surface area contributed by atoms with Crippen molar-refractivity contribution in [2.75, 3.05) is 0 Å². The first-order valence-corrected chi connectivity index (χ1v) is 7.41. The quantitative estimate of drug-likeness (QED) is 0.849. The maximum absolute atomic E-state index is 12.8. The van der Waals surface area contributed by atoms with Gasteiger partial charge in [0.15, 0.2) is 0 Å². The maximum Gasteiger partial charge on any atom is 0.123 e. The van der Waals surface area contributed by atoms with Crippen LogP contribution in [0.1, 0.15) is 28.3 Å². The summed E-state index contributed by atoms with van der Waals surface area (Å²) in [4.78, 5) is 2.59. The minimum Gasteiger partial charge on any atom is -0.305 e. The van der Waals surface area contributed by atoms with Gasteiger partial charge >= 0.3 is 0 Å². The topological polar surface area (TPSA) is 12.0 Å². The number of nitrogens with one attached hydrogen (secondary N) is 1. The first kappa shape index (κ1) is 13.7. The summed E-state index contributed by atoms with van der Waals surface area (Å²) in [6.07, 6.45) is 0. The molecule has 0 unspecified atom stereocenters. The van der Waals surface area contributed by atoms with Crippen LogP contribution in [-0.4, -0.2) is 0 Å². The number of benzene rings is 1. The minimum atomic E-state index is -0.191. The Kier molecular flexibility index (Phi) is 4.54. The molecule has 1 aromatic heterocycles. The summed E-state index contributed by atoms with van der Waals surface area (Å²) in [5.41, 5.74) is 1.10. The van der Waals surface area contributed by atoms with Gasteiger partial charge in [-0.3, -0.25) is 0 Å². The van der Waals surface area contributed by atoms with E-state index in [1.165, 1.54) is 26.4 Å². The van der Waals surface area contributed by atoms with E-state index in [1.54, 1.807) is 11.3 Å². The smallest absolute Gasteiger partial charge is 0.123 e. The highest BCUT2D eigenvalue weighted by molar-refractivity contribution is 9.10. The number of rotatable bonds is 4. The number of thiophene rings is 1. The Bertz CT molecular complexity index is 502. The van der Waals surface area contributed by atoms with Gasteiger partial charge in [0.25, 0.3) is 0 Å². The van der Waals surface area contributed by atoms with E-state index in [4.69, 9.17) is 0 Å². The molecule has 0 aliphatic carbocycles. The van der Waals surface area contributed by atoms with Crippen LogP contribution in [-0.2, 0) is 6.54 Å². The monoisotopic (exact) mass is 327 g/mol. The van der Waals surface area contributed by atoms with Gasteiger partial charge in [-0.25, -0.2) is 4.39 Å². The van der Waals surface area contributed by atoms with Crippen LogP contribution in [0.2, 0.25) is 0 Å². The van der Waals surface area contributed by atoms with Crippen molar-refractivity contribution in [3.05, 3.63) is 55.9 Å². The van der Waals surface area contributed by atoms with E-state index in [9.17, 15) is 4.39 Å². The zero-order chi connectivity index (χ0) is 13.1. The molecular weight excluding hydrogens is 313 g/mol. The van der Waals surface area contributed by atoms with Crippen molar-refractivity contribution < 1.29 is 4.39 Å². The highest BCUT2D eigenvalue weighted by Crippen LogP contribution is 2.26. The van der Waals surface area contributed by atoms with Gasteiger partial charge in [-0.1, -0.05) is 12.1 Å². The fraction of sp³-hybridized carbons (Fsp3) is 0.286. The average Bonchev–Trinajstić information content (AvgIpc) is 2.67. The first-order valence-electron chi connectivity index (χ1n) is 5.80. The molecule has 0 bridgehead atoms. The molecule has 18 heavy (non-hydrogen) atoms. The predicted octanol–water partition coefficient (Wildman–Crippen LogP) is 4.81. The minimum absolute atomic E-state index is 0.191. The molecule has 2 aromatic rings. The molecule has 1 N–H and O–H groups in total. The van der Waals surface area contributed by atoms with E-state index in [-0.39, 0.29) is 11.9 Å². The molecule has 0 spiro atoms. The molecule has 1 heterocycles. The standard InChI is InChI=1S/C14H15BrFNS/c1-9(11-3-5-12(16)6-4-11)17-8-13-7-14(15)10(2)18-13/h3-7,9,17H,8H2,1-2H3/t9-/m1/s1. The zero-order valence-corrected chi connectivity index (χ0v) is 12.7. The third kappa shape index (κ3) is 3.40. The van der Waals surface area contributed by atoms with Gasteiger partial charge < -0.3 is 5.32 Å². The molecule has 0 aliphatic rings. The molecule has 1 aromatic carbocycles. The van der Waals surface area contributed by atoms with Crippen molar-refractivity contribution in [2.24, 2.45) is 0 Å². The third-order valence-electron chi connectivity index (χ3n) is 2.86. The van der Waals surface area contributed by atoms with Crippen LogP contribution in [0.5, 0.6) is 0 Å². The van der Waals surface area contributed by atoms with Crippen molar-refractivity contribution in [2.45, 2.75) is 26.4 Å². The molecule has 0 saturated carbocycles. The van der Waals surface area contributed by atoms with E-state index < -0.39 is 0 Å². The maximum atomic E-state index is 12.8. The highest BCUT2D eigenvalue weighted by Gasteiger charge is 2.07. The van der Waals surface area contributed by atoms with Crippen LogP contribution in [0.3, 0.4) is 0 Å². The van der Waals surface area contributed by atoms with Crippen LogP contribution in [0.4, 0.5) is 4.39 Å². The normalized spacial score (nSPS) is 12.7. The molecule has 0 amide bonds. The Morgan fingerprint density at radius 1 is 1.33 bits per heavy atom. The summed E-state index contributed by atoms with van der Waals surface area (Å²) >= 11 is 5.30. The van der Waals surface area contributed by atoms with Gasteiger partial charge in [-0.05, 0) is 53.5 Å². The molecule has 4 heteroatoms. The lowest BCUT2D eigenvalue weighted by molar-refractivity contribution is 0.575. The average molecular weight is 328 g/mol. The number of halogens is 2. The van der Waals surface area contributed by atoms with Crippen molar-refractivity contribution >= 4 is 27.3 Å². The Morgan fingerprint density at radius 3 is 2.56 bits per heavy atom. The molecule has 0 fully saturated rings. The van der Waals surface area contributed by atoms with Crippen LogP contribution >= 0.6 is 27.3 Å². The van der Waals surface area contributed by atoms with Gasteiger partial charge in [-0.2, -0.15) is 0 Å². The van der Waals surface area contributed by atoms with Crippen LogP contribution < -0.4 is 5.32 Å². The molecule has 0 saturated heterocycles. The summed E-state index contributed by atoms with van der Waals surface area (Å²) in [6, 6.07) is 9.00. The van der Waals surface area contributed by atoms with E-state index in [0.717, 1.165) is 12.1 Å². The second-order valence-corrected chi connectivity index (χ2v) is 6.47. The van der Waals surface area contributed by atoms with Gasteiger partial charge in [0.1, 0.15) is 5.82 Å². The SMILES string of the molecule is Cc1sc(CN[C@H](C)c2ccc(F)cc2)cc1Br. The summed E-state index contributed by atoms with van der Waals surface area (Å²) in [5, 5.41) is 3.44. The van der Waals surface area contributed by atoms with Crippen LogP contribution in [0, 0.1) is 12.7 Å². The summed E-state index contributed by atoms with van der Waals surface area (Å²) in [5.74, 6) is -0.191. The van der Waals surface area contributed by atoms with Crippen molar-refractivity contribution in [3.63, 3.8) is 0 Å². The van der Waals surface area contributed by atoms with Gasteiger partial charge in [0, 0.05) is 26.8 Å². The van der Waals surface area contributed by atoms with E-state index >= 15 is 0 Å². The number of hydrogen-bond donors (Lipinski definition) is 1. The molecule has 96 valence electrons. The van der Waals surface area contributed by atoms with E-state index in [2.05, 4.69) is 41.2 Å². The molecular formula is C14H15BrFNS. The van der Waals surface area contributed by atoms with Crippen LogP contribution in [0.25, 0.3) is 0 Å². The Balaban J connectivity index is 1.95. The predicted molar refractivity (Wildman–Crippen MR) is 78.4 cm³/mol. The Morgan fingerprint density at radius 2 is 2.00 bits per heavy atom. The van der Waals surface area contributed by atoms with Gasteiger partial charge in [0.2, 0.25) is 0 Å². The van der Waals surface area contributed by atoms with E-state index in [1.807, 2.05) is 12.1 Å². The molecule has 1 nitrogen and oxygen atoms in total. The lowest BCUT2D eigenvalue weighted by Crippen LogP contribution is -2.17. The fourth-order valence-corrected chi connectivity index (χ4v) is 3.28. The van der Waals surface area contributed by atoms with Crippen LogP contribution in [0.15, 0.2) is 34.8 Å². The van der Waals surface area contributed by atoms with Gasteiger partial charge in [0.05, 0.1) is 0 Å². The summed E-state index contributed by atoms with van der Waals surface area (Å²) in [7, 11) is 0. The summed E-state index contributed by atoms with van der Waals surface area (Å²) < 4.78 is 14.0. The lowest BCUT2D eigenvalue weighted by atomic mass is 10.1. The lowest BCUT2D eigenvalue weighted by Gasteiger charge is -2.13. The zero-order valence-electron chi connectivity index (χ0n) is 10.3. The van der Waals surface area contributed by atoms with Crippen molar-refractivity contribution in [3.8, 4) is 0 Å². The Labute approximate surface area is 119 Å². The molecule has 0 aliphatic heterocycles. The fourth-order valence-electron chi connectivity index (χ4n) is 1.73. The van der Waals surface area contributed by atoms with Crippen molar-refractivity contribution in [1.82, 2.24) is 5.32 Å². The third-order valence-corrected chi connectivity index (χ3v) is 5.00. The van der Waals surface area contributed by atoms with E-state index in [0.29, 0.717) is 0 Å². The first-order chi connectivity index (χ1) is 8.56. The number of hydrogen-bond acceptors (Lipinski definition) is 2. The van der Waals surface area contributed by atoms with Crippen molar-refractivity contribution in [1.29, 1.82) is 0 Å². The second kappa shape index (κ2) is 5.95. The Hall–Kier alpha value is -0.710. The molecule has 2 rings (SSSR count). The highest BCUT2D eigenvalue weighted by atomic mass is 79.9. The molecule has 1 atom stereocenters. The van der Waals surface area contributed by atoms with Gasteiger partial charge in [-0.15, -0.1) is 11.3 Å². The molecule has 0 radical (unpaired) electrons. The second-order valence-electron chi connectivity index (χ2n) is 4.27. The summed E-state index contributed by atoms with van der Waals surface area (Å²) in [6.45, 7) is 5.01. The largest absolute Gasteiger partial charge is 0.305 e. The number of aryl methyl sites for hydroxylation is 1.